The van der Waals surface area contributed by atoms with E-state index >= 15 is 0 Å². The van der Waals surface area contributed by atoms with E-state index in [1.54, 1.807) is 0 Å². The molecule has 6 nitrogen and oxygen atoms in total. The quantitative estimate of drug-likeness (QED) is 0.886. The zero-order chi connectivity index (χ0) is 16.8. The third-order valence-corrected chi connectivity index (χ3v) is 3.53. The number of amides is 1. The Labute approximate surface area is 136 Å². The molecule has 0 bridgehead atoms. The van der Waals surface area contributed by atoms with Crippen LogP contribution in [0.5, 0.6) is 0 Å². The Bertz CT molecular complexity index is 697. The third-order valence-electron chi connectivity index (χ3n) is 3.53. The molecular weight excluding hydrogens is 290 g/mol. The van der Waals surface area contributed by atoms with Crippen LogP contribution in [-0.4, -0.2) is 20.7 Å². The van der Waals surface area contributed by atoms with Crippen molar-refractivity contribution in [3.8, 4) is 6.07 Å². The summed E-state index contributed by atoms with van der Waals surface area (Å²) >= 11 is 0. The Hall–Kier alpha value is -2.68. The standard InChI is InChI=1S/C17H21N5O/c1-12(2)8-14-4-6-15(7-5-14)13(3)20-17(23)10-22-11-19-21-16(22)9-18/h4-7,11-13H,8,10H2,1-3H3,(H,20,23). The predicted octanol–water partition coefficient (Wildman–Crippen LogP) is 2.23. The molecule has 1 aromatic carbocycles. The van der Waals surface area contributed by atoms with Crippen molar-refractivity contribution in [2.75, 3.05) is 0 Å². The van der Waals surface area contributed by atoms with Crippen LogP contribution in [0, 0.1) is 17.2 Å². The molecule has 0 aliphatic carbocycles. The number of benzene rings is 1. The van der Waals surface area contributed by atoms with Gasteiger partial charge in [0.1, 0.15) is 18.9 Å². The molecular formula is C17H21N5O. The molecule has 1 atom stereocenters. The van der Waals surface area contributed by atoms with Gasteiger partial charge in [-0.05, 0) is 30.4 Å². The molecule has 120 valence electrons. The lowest BCUT2D eigenvalue weighted by Gasteiger charge is -2.15. The van der Waals surface area contributed by atoms with Gasteiger partial charge >= 0.3 is 0 Å². The van der Waals surface area contributed by atoms with E-state index in [2.05, 4.69) is 41.5 Å². The molecule has 1 unspecified atom stereocenters. The lowest BCUT2D eigenvalue weighted by Crippen LogP contribution is -2.30. The maximum absolute atomic E-state index is 12.1. The molecule has 0 saturated carbocycles. The number of carbonyl (C=O) groups is 1. The van der Waals surface area contributed by atoms with Crippen LogP contribution in [0.2, 0.25) is 0 Å². The first kappa shape index (κ1) is 16.7. The van der Waals surface area contributed by atoms with Crippen molar-refractivity contribution in [2.24, 2.45) is 5.92 Å². The number of nitriles is 1. The Balaban J connectivity index is 1.94. The lowest BCUT2D eigenvalue weighted by atomic mass is 10.00. The molecule has 0 radical (unpaired) electrons. The average Bonchev–Trinajstić information content (AvgIpc) is 2.94. The zero-order valence-corrected chi connectivity index (χ0v) is 13.7. The second kappa shape index (κ2) is 7.54. The van der Waals surface area contributed by atoms with Gasteiger partial charge in [0.2, 0.25) is 11.7 Å². The molecule has 1 N–H and O–H groups in total. The first-order valence-corrected chi connectivity index (χ1v) is 7.65. The minimum absolute atomic E-state index is 0.0334. The first-order chi connectivity index (χ1) is 11.0. The van der Waals surface area contributed by atoms with E-state index in [1.165, 1.54) is 16.5 Å². The Morgan fingerprint density at radius 2 is 2.00 bits per heavy atom. The maximum Gasteiger partial charge on any atom is 0.240 e. The normalized spacial score (nSPS) is 12.0. The van der Waals surface area contributed by atoms with Crippen molar-refractivity contribution in [1.29, 1.82) is 5.26 Å². The second-order valence-corrected chi connectivity index (χ2v) is 6.02. The Morgan fingerprint density at radius 1 is 1.30 bits per heavy atom. The summed E-state index contributed by atoms with van der Waals surface area (Å²) in [7, 11) is 0. The molecule has 0 aliphatic heterocycles. The lowest BCUT2D eigenvalue weighted by molar-refractivity contribution is -0.122. The van der Waals surface area contributed by atoms with Gasteiger partial charge in [-0.15, -0.1) is 10.2 Å². The van der Waals surface area contributed by atoms with Crippen LogP contribution in [0.4, 0.5) is 0 Å². The second-order valence-electron chi connectivity index (χ2n) is 6.02. The van der Waals surface area contributed by atoms with Gasteiger partial charge in [0.15, 0.2) is 0 Å². The number of nitrogens with one attached hydrogen (secondary N) is 1. The molecule has 1 heterocycles. The molecule has 1 aromatic heterocycles. The molecule has 0 fully saturated rings. The number of aromatic nitrogens is 3. The predicted molar refractivity (Wildman–Crippen MR) is 86.3 cm³/mol. The van der Waals surface area contributed by atoms with Gasteiger partial charge < -0.3 is 5.32 Å². The van der Waals surface area contributed by atoms with E-state index in [0.29, 0.717) is 5.92 Å². The van der Waals surface area contributed by atoms with Gasteiger partial charge in [0.25, 0.3) is 0 Å². The fraction of sp³-hybridized carbons (Fsp3) is 0.412. The fourth-order valence-corrected chi connectivity index (χ4v) is 2.40. The Morgan fingerprint density at radius 3 is 2.61 bits per heavy atom. The minimum atomic E-state index is -0.181. The summed E-state index contributed by atoms with van der Waals surface area (Å²) in [6, 6.07) is 10.1. The summed E-state index contributed by atoms with van der Waals surface area (Å²) in [6.07, 6.45) is 2.43. The van der Waals surface area contributed by atoms with Gasteiger partial charge in [-0.2, -0.15) is 5.26 Å². The van der Waals surface area contributed by atoms with Crippen molar-refractivity contribution in [2.45, 2.75) is 39.8 Å². The highest BCUT2D eigenvalue weighted by molar-refractivity contribution is 5.76. The monoisotopic (exact) mass is 311 g/mol. The summed E-state index contributed by atoms with van der Waals surface area (Å²) in [6.45, 7) is 6.35. The third kappa shape index (κ3) is 4.65. The van der Waals surface area contributed by atoms with Crippen molar-refractivity contribution in [3.05, 3.63) is 47.5 Å². The largest absolute Gasteiger partial charge is 0.348 e. The molecule has 6 heteroatoms. The van der Waals surface area contributed by atoms with Crippen LogP contribution in [0.1, 0.15) is 43.8 Å². The Kier molecular flexibility index (Phi) is 5.47. The molecule has 23 heavy (non-hydrogen) atoms. The number of carbonyl (C=O) groups excluding carboxylic acids is 1. The van der Waals surface area contributed by atoms with Crippen LogP contribution in [0.15, 0.2) is 30.6 Å². The summed E-state index contributed by atoms with van der Waals surface area (Å²) in [5.74, 6) is 0.571. The van der Waals surface area contributed by atoms with Crippen LogP contribution in [0.25, 0.3) is 0 Å². The topological polar surface area (TPSA) is 83.6 Å². The van der Waals surface area contributed by atoms with Gasteiger partial charge in [-0.25, -0.2) is 0 Å². The smallest absolute Gasteiger partial charge is 0.240 e. The summed E-state index contributed by atoms with van der Waals surface area (Å²) < 4.78 is 1.42. The van der Waals surface area contributed by atoms with Gasteiger partial charge in [0, 0.05) is 0 Å². The van der Waals surface area contributed by atoms with E-state index in [1.807, 2.05) is 25.1 Å². The number of hydrogen-bond donors (Lipinski definition) is 1. The highest BCUT2D eigenvalue weighted by atomic mass is 16.2. The minimum Gasteiger partial charge on any atom is -0.348 e. The van der Waals surface area contributed by atoms with Crippen LogP contribution in [-0.2, 0) is 17.8 Å². The van der Waals surface area contributed by atoms with Crippen molar-refractivity contribution >= 4 is 5.91 Å². The molecule has 0 aliphatic rings. The molecule has 2 rings (SSSR count). The maximum atomic E-state index is 12.1. The summed E-state index contributed by atoms with van der Waals surface area (Å²) in [5.41, 5.74) is 2.35. The van der Waals surface area contributed by atoms with Gasteiger partial charge in [-0.3, -0.25) is 9.36 Å². The van der Waals surface area contributed by atoms with E-state index in [9.17, 15) is 4.79 Å². The van der Waals surface area contributed by atoms with Crippen molar-refractivity contribution in [3.63, 3.8) is 0 Å². The van der Waals surface area contributed by atoms with Crippen molar-refractivity contribution < 1.29 is 4.79 Å². The van der Waals surface area contributed by atoms with Gasteiger partial charge in [0.05, 0.1) is 6.04 Å². The molecule has 2 aromatic rings. The summed E-state index contributed by atoms with van der Waals surface area (Å²) in [4.78, 5) is 12.1. The zero-order valence-electron chi connectivity index (χ0n) is 13.7. The fourth-order valence-electron chi connectivity index (χ4n) is 2.40. The molecule has 0 saturated heterocycles. The van der Waals surface area contributed by atoms with Crippen LogP contribution >= 0.6 is 0 Å². The van der Waals surface area contributed by atoms with Crippen LogP contribution in [0.3, 0.4) is 0 Å². The van der Waals surface area contributed by atoms with Crippen molar-refractivity contribution in [1.82, 2.24) is 20.1 Å². The van der Waals surface area contributed by atoms with E-state index in [-0.39, 0.29) is 24.3 Å². The summed E-state index contributed by atoms with van der Waals surface area (Å²) in [5, 5.41) is 19.0. The number of rotatable bonds is 6. The SMILES string of the molecule is CC(C)Cc1ccc(C(C)NC(=O)Cn2cnnc2C#N)cc1. The van der Waals surface area contributed by atoms with Crippen LogP contribution < -0.4 is 5.32 Å². The first-order valence-electron chi connectivity index (χ1n) is 7.65. The van der Waals surface area contributed by atoms with E-state index < -0.39 is 0 Å². The molecule has 0 spiro atoms. The average molecular weight is 311 g/mol. The number of nitrogens with zero attached hydrogens (tertiary/aromatic N) is 4. The van der Waals surface area contributed by atoms with E-state index in [0.717, 1.165) is 12.0 Å². The highest BCUT2D eigenvalue weighted by Crippen LogP contribution is 2.15. The highest BCUT2D eigenvalue weighted by Gasteiger charge is 2.12. The van der Waals surface area contributed by atoms with E-state index in [4.69, 9.17) is 5.26 Å². The van der Waals surface area contributed by atoms with Gasteiger partial charge in [-0.1, -0.05) is 38.1 Å². The molecule has 1 amide bonds. The number of hydrogen-bond acceptors (Lipinski definition) is 4.